The molecule has 2 aromatic carbocycles. The van der Waals surface area contributed by atoms with Crippen LogP contribution >= 0.6 is 11.6 Å². The molecule has 0 aromatic heterocycles. The summed E-state index contributed by atoms with van der Waals surface area (Å²) in [6.07, 6.45) is 1.67. The fourth-order valence-corrected chi connectivity index (χ4v) is 5.13. The molecule has 0 unspecified atom stereocenters. The van der Waals surface area contributed by atoms with Gasteiger partial charge in [0.2, 0.25) is 10.0 Å². The minimum Gasteiger partial charge on any atom is -0.337 e. The number of piperidine rings is 1. The van der Waals surface area contributed by atoms with Gasteiger partial charge in [0.05, 0.1) is 9.82 Å². The Morgan fingerprint density at radius 2 is 1.81 bits per heavy atom. The molecule has 0 radical (unpaired) electrons. The van der Waals surface area contributed by atoms with Crippen molar-refractivity contribution in [3.05, 3.63) is 68.7 Å². The van der Waals surface area contributed by atoms with Crippen molar-refractivity contribution < 1.29 is 18.1 Å². The van der Waals surface area contributed by atoms with E-state index in [2.05, 4.69) is 6.92 Å². The Labute approximate surface area is 186 Å². The van der Waals surface area contributed by atoms with Crippen LogP contribution < -0.4 is 0 Å². The zero-order chi connectivity index (χ0) is 22.8. The smallest absolute Gasteiger partial charge is 0.269 e. The third-order valence-electron chi connectivity index (χ3n) is 5.48. The van der Waals surface area contributed by atoms with Crippen LogP contribution in [0.2, 0.25) is 5.02 Å². The summed E-state index contributed by atoms with van der Waals surface area (Å²) in [5.74, 6) is 0.167. The number of sulfonamides is 1. The SMILES string of the molecule is CC1CCN(S(=O)(=O)c2ccc(C(=O)N(C)Cc3cc([N+](=O)[O-])ccc3Cl)cc2)CC1. The van der Waals surface area contributed by atoms with Gasteiger partial charge >= 0.3 is 0 Å². The highest BCUT2D eigenvalue weighted by Crippen LogP contribution is 2.25. The molecular formula is C21H24ClN3O5S. The van der Waals surface area contributed by atoms with E-state index in [-0.39, 0.29) is 23.0 Å². The number of rotatable bonds is 6. The number of non-ortho nitro benzene ring substituents is 1. The van der Waals surface area contributed by atoms with Crippen LogP contribution in [-0.4, -0.2) is 48.6 Å². The fourth-order valence-electron chi connectivity index (χ4n) is 3.49. The molecule has 10 heteroatoms. The van der Waals surface area contributed by atoms with E-state index in [0.717, 1.165) is 12.8 Å². The second kappa shape index (κ2) is 9.33. The molecule has 31 heavy (non-hydrogen) atoms. The summed E-state index contributed by atoms with van der Waals surface area (Å²) in [5.41, 5.74) is 0.655. The summed E-state index contributed by atoms with van der Waals surface area (Å²) >= 11 is 6.12. The molecule has 0 bridgehead atoms. The Balaban J connectivity index is 1.73. The highest BCUT2D eigenvalue weighted by Gasteiger charge is 2.28. The minimum absolute atomic E-state index is 0.0748. The van der Waals surface area contributed by atoms with Gasteiger partial charge in [-0.15, -0.1) is 0 Å². The molecular weight excluding hydrogens is 442 g/mol. The summed E-state index contributed by atoms with van der Waals surface area (Å²) in [4.78, 5) is 24.8. The van der Waals surface area contributed by atoms with Gasteiger partial charge < -0.3 is 4.90 Å². The van der Waals surface area contributed by atoms with Gasteiger partial charge in [-0.05, 0) is 54.7 Å². The van der Waals surface area contributed by atoms with Gasteiger partial charge in [0.15, 0.2) is 0 Å². The van der Waals surface area contributed by atoms with Crippen molar-refractivity contribution in [2.75, 3.05) is 20.1 Å². The number of hydrogen-bond donors (Lipinski definition) is 0. The van der Waals surface area contributed by atoms with Gasteiger partial charge in [-0.2, -0.15) is 4.31 Å². The number of amides is 1. The number of carbonyl (C=O) groups is 1. The first-order chi connectivity index (χ1) is 14.6. The maximum Gasteiger partial charge on any atom is 0.269 e. The molecule has 0 spiro atoms. The number of benzene rings is 2. The van der Waals surface area contributed by atoms with Crippen molar-refractivity contribution >= 4 is 33.2 Å². The lowest BCUT2D eigenvalue weighted by Crippen LogP contribution is -2.37. The second-order valence-electron chi connectivity index (χ2n) is 7.81. The lowest BCUT2D eigenvalue weighted by molar-refractivity contribution is -0.384. The topological polar surface area (TPSA) is 101 Å². The van der Waals surface area contributed by atoms with Crippen LogP contribution in [0.25, 0.3) is 0 Å². The summed E-state index contributed by atoms with van der Waals surface area (Å²) < 4.78 is 27.2. The number of hydrogen-bond acceptors (Lipinski definition) is 5. The number of carbonyl (C=O) groups excluding carboxylic acids is 1. The van der Waals surface area contributed by atoms with E-state index in [9.17, 15) is 23.3 Å². The van der Waals surface area contributed by atoms with Crippen molar-refractivity contribution in [1.29, 1.82) is 0 Å². The van der Waals surface area contributed by atoms with Crippen molar-refractivity contribution in [2.24, 2.45) is 5.92 Å². The molecule has 1 aliphatic rings. The molecule has 1 fully saturated rings. The molecule has 3 rings (SSSR count). The molecule has 0 aliphatic carbocycles. The van der Waals surface area contributed by atoms with E-state index in [1.807, 2.05) is 0 Å². The maximum absolute atomic E-state index is 12.8. The third-order valence-corrected chi connectivity index (χ3v) is 7.76. The summed E-state index contributed by atoms with van der Waals surface area (Å²) in [6.45, 7) is 3.18. The Hall–Kier alpha value is -2.49. The van der Waals surface area contributed by atoms with Crippen LogP contribution in [0.1, 0.15) is 35.7 Å². The van der Waals surface area contributed by atoms with E-state index in [1.54, 1.807) is 7.05 Å². The van der Waals surface area contributed by atoms with Gasteiger partial charge in [0.1, 0.15) is 0 Å². The molecule has 1 amide bonds. The van der Waals surface area contributed by atoms with Crippen molar-refractivity contribution in [1.82, 2.24) is 9.21 Å². The van der Waals surface area contributed by atoms with Crippen LogP contribution in [0.3, 0.4) is 0 Å². The van der Waals surface area contributed by atoms with Gasteiger partial charge in [-0.3, -0.25) is 14.9 Å². The average molecular weight is 466 g/mol. The van der Waals surface area contributed by atoms with Crippen molar-refractivity contribution in [3.8, 4) is 0 Å². The molecule has 0 atom stereocenters. The predicted molar refractivity (Wildman–Crippen MR) is 118 cm³/mol. The zero-order valence-corrected chi connectivity index (χ0v) is 18.9. The summed E-state index contributed by atoms with van der Waals surface area (Å²) in [6, 6.07) is 9.90. The first-order valence-electron chi connectivity index (χ1n) is 9.88. The molecule has 1 heterocycles. The van der Waals surface area contributed by atoms with Crippen LogP contribution in [0, 0.1) is 16.0 Å². The van der Waals surface area contributed by atoms with Crippen molar-refractivity contribution in [2.45, 2.75) is 31.2 Å². The summed E-state index contributed by atoms with van der Waals surface area (Å²) in [5, 5.41) is 11.3. The van der Waals surface area contributed by atoms with Crippen LogP contribution in [0.15, 0.2) is 47.4 Å². The largest absolute Gasteiger partial charge is 0.337 e. The molecule has 1 saturated heterocycles. The molecule has 0 N–H and O–H groups in total. The monoisotopic (exact) mass is 465 g/mol. The number of nitrogens with zero attached hydrogens (tertiary/aromatic N) is 3. The van der Waals surface area contributed by atoms with Gasteiger partial charge in [0, 0.05) is 49.4 Å². The van der Waals surface area contributed by atoms with E-state index in [0.29, 0.717) is 35.2 Å². The average Bonchev–Trinajstić information content (AvgIpc) is 2.75. The summed E-state index contributed by atoms with van der Waals surface area (Å²) in [7, 11) is -2.04. The first-order valence-corrected chi connectivity index (χ1v) is 11.7. The van der Waals surface area contributed by atoms with E-state index in [1.165, 1.54) is 51.7 Å². The van der Waals surface area contributed by atoms with E-state index >= 15 is 0 Å². The Morgan fingerprint density at radius 3 is 2.39 bits per heavy atom. The van der Waals surface area contributed by atoms with E-state index in [4.69, 9.17) is 11.6 Å². The van der Waals surface area contributed by atoms with E-state index < -0.39 is 14.9 Å². The van der Waals surface area contributed by atoms with Crippen LogP contribution in [-0.2, 0) is 16.6 Å². The van der Waals surface area contributed by atoms with Crippen molar-refractivity contribution in [3.63, 3.8) is 0 Å². The molecule has 0 saturated carbocycles. The Bertz CT molecular complexity index is 1080. The quantitative estimate of drug-likeness (QED) is 0.475. The van der Waals surface area contributed by atoms with Crippen LogP contribution in [0.5, 0.6) is 0 Å². The zero-order valence-electron chi connectivity index (χ0n) is 17.3. The fraction of sp³-hybridized carbons (Fsp3) is 0.381. The van der Waals surface area contributed by atoms with Crippen LogP contribution in [0.4, 0.5) is 5.69 Å². The third kappa shape index (κ3) is 5.23. The number of nitro groups is 1. The molecule has 166 valence electrons. The Morgan fingerprint density at radius 1 is 1.19 bits per heavy atom. The van der Waals surface area contributed by atoms with Gasteiger partial charge in [-0.25, -0.2) is 8.42 Å². The highest BCUT2D eigenvalue weighted by molar-refractivity contribution is 7.89. The molecule has 1 aliphatic heterocycles. The minimum atomic E-state index is -3.59. The lowest BCUT2D eigenvalue weighted by atomic mass is 10.0. The standard InChI is InChI=1S/C21H24ClN3O5S/c1-15-9-11-24(12-10-15)31(29,30)19-6-3-16(4-7-19)21(26)23(2)14-17-13-18(25(27)28)5-8-20(17)22/h3-8,13,15H,9-12,14H2,1-2H3. The first kappa shape index (κ1) is 23.2. The normalized spacial score (nSPS) is 15.6. The number of nitro benzene ring substituents is 1. The Kier molecular flexibility index (Phi) is 6.98. The molecule has 8 nitrogen and oxygen atoms in total. The maximum atomic E-state index is 12.8. The second-order valence-corrected chi connectivity index (χ2v) is 10.2. The van der Waals surface area contributed by atoms with Gasteiger partial charge in [0.25, 0.3) is 11.6 Å². The highest BCUT2D eigenvalue weighted by atomic mass is 35.5. The molecule has 2 aromatic rings. The van der Waals surface area contributed by atoms with Gasteiger partial charge in [-0.1, -0.05) is 18.5 Å². The predicted octanol–water partition coefficient (Wildman–Crippen LogP) is 3.94. The number of halogens is 1. The lowest BCUT2D eigenvalue weighted by Gasteiger charge is -2.29.